The minimum absolute atomic E-state index is 0. The number of rotatable bonds is 10. The predicted molar refractivity (Wildman–Crippen MR) is 105 cm³/mol. The van der Waals surface area contributed by atoms with Crippen molar-refractivity contribution in [3.63, 3.8) is 0 Å². The van der Waals surface area contributed by atoms with Gasteiger partial charge in [-0.3, -0.25) is 4.99 Å². The zero-order valence-electron chi connectivity index (χ0n) is 14.0. The topological polar surface area (TPSA) is 71.9 Å². The Morgan fingerprint density at radius 2 is 1.88 bits per heavy atom. The average Bonchev–Trinajstić information content (AvgIpc) is 3.24. The summed E-state index contributed by atoms with van der Waals surface area (Å²) >= 11 is 0. The monoisotopic (exact) mass is 447 g/mol. The van der Waals surface area contributed by atoms with Crippen LogP contribution in [0.3, 0.4) is 0 Å². The van der Waals surface area contributed by atoms with Crippen molar-refractivity contribution >= 4 is 29.9 Å². The standard InChI is InChI=1S/C17H25N3O3.HI/c1-2-18-17(20-10-8-15-6-3-12-22-15)19-9-5-11-21-14-16-7-4-13-23-16;/h3-4,6-7,12-13H,2,5,8-11,14H2,1H3,(H2,18,19,20);1H. The molecule has 2 aromatic rings. The van der Waals surface area contributed by atoms with E-state index in [1.54, 1.807) is 12.5 Å². The predicted octanol–water partition coefficient (Wildman–Crippen LogP) is 3.20. The number of guanidine groups is 1. The third-order valence-corrected chi connectivity index (χ3v) is 3.13. The van der Waals surface area contributed by atoms with Gasteiger partial charge in [0, 0.05) is 32.7 Å². The Morgan fingerprint density at radius 1 is 1.12 bits per heavy atom. The summed E-state index contributed by atoms with van der Waals surface area (Å²) < 4.78 is 16.0. The van der Waals surface area contributed by atoms with Crippen LogP contribution in [0, 0.1) is 0 Å². The Labute approximate surface area is 160 Å². The lowest BCUT2D eigenvalue weighted by Crippen LogP contribution is -2.38. The van der Waals surface area contributed by atoms with Crippen LogP contribution in [-0.2, 0) is 17.8 Å². The molecule has 0 radical (unpaired) electrons. The van der Waals surface area contributed by atoms with Gasteiger partial charge in [0.15, 0.2) is 5.96 Å². The normalized spacial score (nSPS) is 11.1. The molecule has 0 atom stereocenters. The van der Waals surface area contributed by atoms with Crippen molar-refractivity contribution in [2.45, 2.75) is 26.4 Å². The number of ether oxygens (including phenoxy) is 1. The highest BCUT2D eigenvalue weighted by atomic mass is 127. The number of hydrogen-bond donors (Lipinski definition) is 2. The van der Waals surface area contributed by atoms with Crippen LogP contribution in [-0.4, -0.2) is 32.2 Å². The minimum atomic E-state index is 0. The number of halogens is 1. The quantitative estimate of drug-likeness (QED) is 0.253. The molecule has 0 amide bonds. The molecule has 7 heteroatoms. The molecule has 0 bridgehead atoms. The Bertz CT molecular complexity index is 541. The summed E-state index contributed by atoms with van der Waals surface area (Å²) in [7, 11) is 0. The first-order valence-electron chi connectivity index (χ1n) is 8.03. The second-order valence-corrected chi connectivity index (χ2v) is 5.00. The molecule has 134 valence electrons. The van der Waals surface area contributed by atoms with E-state index < -0.39 is 0 Å². The molecule has 0 aromatic carbocycles. The highest BCUT2D eigenvalue weighted by molar-refractivity contribution is 14.0. The van der Waals surface area contributed by atoms with Gasteiger partial charge in [0.1, 0.15) is 18.1 Å². The highest BCUT2D eigenvalue weighted by Crippen LogP contribution is 2.02. The van der Waals surface area contributed by atoms with Gasteiger partial charge in [-0.05, 0) is 37.6 Å². The van der Waals surface area contributed by atoms with Crippen LogP contribution >= 0.6 is 24.0 Å². The van der Waals surface area contributed by atoms with E-state index in [1.807, 2.05) is 24.3 Å². The second kappa shape index (κ2) is 12.9. The fourth-order valence-electron chi connectivity index (χ4n) is 2.03. The largest absolute Gasteiger partial charge is 0.469 e. The van der Waals surface area contributed by atoms with Gasteiger partial charge in [-0.1, -0.05) is 0 Å². The average molecular weight is 447 g/mol. The van der Waals surface area contributed by atoms with Crippen molar-refractivity contribution in [3.8, 4) is 0 Å². The molecule has 0 aliphatic heterocycles. The van der Waals surface area contributed by atoms with E-state index in [2.05, 4.69) is 22.5 Å². The van der Waals surface area contributed by atoms with Gasteiger partial charge in [-0.15, -0.1) is 24.0 Å². The van der Waals surface area contributed by atoms with Gasteiger partial charge < -0.3 is 24.2 Å². The van der Waals surface area contributed by atoms with Crippen molar-refractivity contribution in [2.75, 3.05) is 26.2 Å². The smallest absolute Gasteiger partial charge is 0.191 e. The number of nitrogens with one attached hydrogen (secondary N) is 2. The number of nitrogens with zero attached hydrogens (tertiary/aromatic N) is 1. The third kappa shape index (κ3) is 8.39. The maximum atomic E-state index is 5.53. The van der Waals surface area contributed by atoms with E-state index in [0.717, 1.165) is 43.4 Å². The van der Waals surface area contributed by atoms with E-state index in [4.69, 9.17) is 13.6 Å². The van der Waals surface area contributed by atoms with E-state index in [1.165, 1.54) is 0 Å². The number of hydrogen-bond acceptors (Lipinski definition) is 4. The summed E-state index contributed by atoms with van der Waals surface area (Å²) in [5, 5.41) is 6.52. The summed E-state index contributed by atoms with van der Waals surface area (Å²) in [6.07, 6.45) is 5.05. The Morgan fingerprint density at radius 3 is 2.54 bits per heavy atom. The molecule has 0 unspecified atom stereocenters. The van der Waals surface area contributed by atoms with Crippen LogP contribution in [0.1, 0.15) is 24.9 Å². The molecule has 6 nitrogen and oxygen atoms in total. The molecular formula is C17H26IN3O3. The van der Waals surface area contributed by atoms with E-state index in [9.17, 15) is 0 Å². The van der Waals surface area contributed by atoms with Crippen molar-refractivity contribution in [2.24, 2.45) is 4.99 Å². The van der Waals surface area contributed by atoms with Crippen molar-refractivity contribution < 1.29 is 13.6 Å². The second-order valence-electron chi connectivity index (χ2n) is 5.00. The number of aliphatic imine (C=N–C) groups is 1. The van der Waals surface area contributed by atoms with Crippen molar-refractivity contribution in [3.05, 3.63) is 48.3 Å². The Balaban J connectivity index is 0.00000288. The molecule has 0 aliphatic carbocycles. The van der Waals surface area contributed by atoms with E-state index in [-0.39, 0.29) is 24.0 Å². The van der Waals surface area contributed by atoms with Crippen LogP contribution < -0.4 is 10.6 Å². The molecule has 0 saturated carbocycles. The summed E-state index contributed by atoms with van der Waals surface area (Å²) in [6, 6.07) is 7.64. The van der Waals surface area contributed by atoms with Crippen LogP contribution in [0.25, 0.3) is 0 Å². The fourth-order valence-corrected chi connectivity index (χ4v) is 2.03. The zero-order valence-corrected chi connectivity index (χ0v) is 16.3. The summed E-state index contributed by atoms with van der Waals surface area (Å²) in [6.45, 7) is 5.56. The first kappa shape index (κ1) is 20.6. The molecular weight excluding hydrogens is 421 g/mol. The Kier molecular flexibility index (Phi) is 11.0. The van der Waals surface area contributed by atoms with Gasteiger partial charge in [-0.2, -0.15) is 0 Å². The first-order chi connectivity index (χ1) is 11.4. The number of furan rings is 2. The molecule has 2 aromatic heterocycles. The van der Waals surface area contributed by atoms with Gasteiger partial charge >= 0.3 is 0 Å². The van der Waals surface area contributed by atoms with Gasteiger partial charge in [0.2, 0.25) is 0 Å². The Hall–Kier alpha value is -1.48. The van der Waals surface area contributed by atoms with Gasteiger partial charge in [-0.25, -0.2) is 0 Å². The lowest BCUT2D eigenvalue weighted by Gasteiger charge is -2.10. The minimum Gasteiger partial charge on any atom is -0.469 e. The first-order valence-corrected chi connectivity index (χ1v) is 8.03. The molecule has 2 rings (SSSR count). The molecule has 2 heterocycles. The van der Waals surface area contributed by atoms with E-state index >= 15 is 0 Å². The van der Waals surface area contributed by atoms with Crippen LogP contribution in [0.2, 0.25) is 0 Å². The van der Waals surface area contributed by atoms with Gasteiger partial charge in [0.05, 0.1) is 12.5 Å². The summed E-state index contributed by atoms with van der Waals surface area (Å²) in [5.74, 6) is 2.64. The summed E-state index contributed by atoms with van der Waals surface area (Å²) in [4.78, 5) is 4.53. The molecule has 0 aliphatic rings. The van der Waals surface area contributed by atoms with Crippen molar-refractivity contribution in [1.82, 2.24) is 10.6 Å². The van der Waals surface area contributed by atoms with E-state index in [0.29, 0.717) is 19.8 Å². The fraction of sp³-hybridized carbons (Fsp3) is 0.471. The molecule has 24 heavy (non-hydrogen) atoms. The lowest BCUT2D eigenvalue weighted by molar-refractivity contribution is 0.105. The third-order valence-electron chi connectivity index (χ3n) is 3.13. The molecule has 0 spiro atoms. The van der Waals surface area contributed by atoms with Crippen molar-refractivity contribution in [1.29, 1.82) is 0 Å². The van der Waals surface area contributed by atoms with Gasteiger partial charge in [0.25, 0.3) is 0 Å². The molecule has 0 saturated heterocycles. The van der Waals surface area contributed by atoms with Crippen LogP contribution in [0.15, 0.2) is 50.6 Å². The maximum Gasteiger partial charge on any atom is 0.191 e. The molecule has 2 N–H and O–H groups in total. The lowest BCUT2D eigenvalue weighted by atomic mass is 10.3. The van der Waals surface area contributed by atoms with Crippen LogP contribution in [0.5, 0.6) is 0 Å². The summed E-state index contributed by atoms with van der Waals surface area (Å²) in [5.41, 5.74) is 0. The van der Waals surface area contributed by atoms with Crippen LogP contribution in [0.4, 0.5) is 0 Å². The zero-order chi connectivity index (χ0) is 16.2. The SMILES string of the molecule is CCNC(=NCCCOCc1ccco1)NCCc1ccco1.I. The highest BCUT2D eigenvalue weighted by Gasteiger charge is 1.99. The molecule has 0 fully saturated rings. The maximum absolute atomic E-state index is 5.53.